The van der Waals surface area contributed by atoms with Crippen molar-refractivity contribution in [2.45, 2.75) is 13.0 Å². The van der Waals surface area contributed by atoms with Gasteiger partial charge in [-0.25, -0.2) is 9.97 Å². The average Bonchev–Trinajstić information content (AvgIpc) is 2.69. The van der Waals surface area contributed by atoms with E-state index in [2.05, 4.69) is 15.3 Å². The van der Waals surface area contributed by atoms with Gasteiger partial charge in [0.25, 0.3) is 0 Å². The van der Waals surface area contributed by atoms with Crippen molar-refractivity contribution in [1.82, 2.24) is 9.97 Å². The Morgan fingerprint density at radius 3 is 2.44 bits per heavy atom. The van der Waals surface area contributed by atoms with E-state index in [9.17, 15) is 10.2 Å². The number of aryl methyl sites for hydroxylation is 1. The highest BCUT2D eigenvalue weighted by Crippen LogP contribution is 2.37. The van der Waals surface area contributed by atoms with E-state index in [1.54, 1.807) is 18.3 Å². The molecule has 0 bridgehead atoms. The summed E-state index contributed by atoms with van der Waals surface area (Å²) >= 11 is 0. The Hall–Kier alpha value is -3.60. The number of nitrogens with zero attached hydrogens (tertiary/aromatic N) is 2. The zero-order valence-electron chi connectivity index (χ0n) is 14.8. The lowest BCUT2D eigenvalue weighted by Crippen LogP contribution is -2.13. The van der Waals surface area contributed by atoms with E-state index in [1.807, 2.05) is 61.5 Å². The predicted molar refractivity (Wildman–Crippen MR) is 106 cm³/mol. The third kappa shape index (κ3) is 3.27. The first-order valence-electron chi connectivity index (χ1n) is 8.68. The quantitative estimate of drug-likeness (QED) is 0.499. The standard InChI is InChI=1S/C22H19N3O2/c1-14-9-10-16-11-12-17(21(27)20(16)24-14)19(15-6-3-2-4-7-15)25-22-18(26)8-5-13-23-22/h2-13,19,26-27H,1H3,(H,23,25). The van der Waals surface area contributed by atoms with Crippen LogP contribution in [0, 0.1) is 6.92 Å². The number of fused-ring (bicyclic) bond motifs is 1. The van der Waals surface area contributed by atoms with Gasteiger partial charge in [-0.2, -0.15) is 0 Å². The molecule has 27 heavy (non-hydrogen) atoms. The van der Waals surface area contributed by atoms with Crippen LogP contribution in [0.1, 0.15) is 22.9 Å². The SMILES string of the molecule is Cc1ccc2ccc(C(Nc3ncccc3O)c3ccccc3)c(O)c2n1. The number of phenols is 1. The molecule has 2 aromatic heterocycles. The second-order valence-corrected chi connectivity index (χ2v) is 6.39. The van der Waals surface area contributed by atoms with E-state index in [-0.39, 0.29) is 11.5 Å². The van der Waals surface area contributed by atoms with Crippen LogP contribution in [-0.2, 0) is 0 Å². The first-order valence-corrected chi connectivity index (χ1v) is 8.68. The lowest BCUT2D eigenvalue weighted by atomic mass is 9.96. The smallest absolute Gasteiger partial charge is 0.169 e. The molecular weight excluding hydrogens is 338 g/mol. The number of aromatic hydroxyl groups is 2. The van der Waals surface area contributed by atoms with E-state index in [1.165, 1.54) is 0 Å². The number of hydrogen-bond acceptors (Lipinski definition) is 5. The number of phenolic OH excluding ortho intramolecular Hbond substituents is 1. The summed E-state index contributed by atoms with van der Waals surface area (Å²) in [4.78, 5) is 8.71. The van der Waals surface area contributed by atoms with Gasteiger partial charge in [0.15, 0.2) is 11.6 Å². The summed E-state index contributed by atoms with van der Waals surface area (Å²) in [5.74, 6) is 0.517. The minimum absolute atomic E-state index is 0.0488. The fraction of sp³-hybridized carbons (Fsp3) is 0.0909. The molecule has 0 aliphatic rings. The van der Waals surface area contributed by atoms with Crippen LogP contribution in [-0.4, -0.2) is 20.2 Å². The monoisotopic (exact) mass is 357 g/mol. The molecule has 0 aliphatic heterocycles. The van der Waals surface area contributed by atoms with Crippen LogP contribution in [0.5, 0.6) is 11.5 Å². The molecule has 2 aromatic carbocycles. The van der Waals surface area contributed by atoms with Crippen molar-refractivity contribution in [3.63, 3.8) is 0 Å². The number of aromatic nitrogens is 2. The maximum absolute atomic E-state index is 11.0. The van der Waals surface area contributed by atoms with Crippen LogP contribution < -0.4 is 5.32 Å². The minimum atomic E-state index is -0.404. The van der Waals surface area contributed by atoms with E-state index in [0.717, 1.165) is 16.6 Å². The highest BCUT2D eigenvalue weighted by atomic mass is 16.3. The maximum atomic E-state index is 11.0. The number of benzene rings is 2. The Labute approximate surface area is 157 Å². The zero-order chi connectivity index (χ0) is 18.8. The largest absolute Gasteiger partial charge is 0.505 e. The number of nitrogens with one attached hydrogen (secondary N) is 1. The molecule has 0 radical (unpaired) electrons. The lowest BCUT2D eigenvalue weighted by molar-refractivity contribution is 0.468. The summed E-state index contributed by atoms with van der Waals surface area (Å²) < 4.78 is 0. The minimum Gasteiger partial charge on any atom is -0.505 e. The molecule has 0 fully saturated rings. The number of hydrogen-bond donors (Lipinski definition) is 3. The second kappa shape index (κ2) is 6.96. The van der Waals surface area contributed by atoms with Gasteiger partial charge in [-0.3, -0.25) is 0 Å². The second-order valence-electron chi connectivity index (χ2n) is 6.39. The molecule has 0 saturated carbocycles. The summed E-state index contributed by atoms with van der Waals surface area (Å²) in [6.45, 7) is 1.89. The maximum Gasteiger partial charge on any atom is 0.169 e. The van der Waals surface area contributed by atoms with Crippen LogP contribution in [0.4, 0.5) is 5.82 Å². The Kier molecular flexibility index (Phi) is 4.34. The molecule has 3 N–H and O–H groups in total. The van der Waals surface area contributed by atoms with E-state index in [0.29, 0.717) is 16.9 Å². The van der Waals surface area contributed by atoms with Crippen LogP contribution in [0.15, 0.2) is 72.9 Å². The van der Waals surface area contributed by atoms with Crippen molar-refractivity contribution in [3.8, 4) is 11.5 Å². The number of anilines is 1. The number of pyridine rings is 2. The van der Waals surface area contributed by atoms with Crippen molar-refractivity contribution < 1.29 is 10.2 Å². The molecule has 4 rings (SSSR count). The highest BCUT2D eigenvalue weighted by molar-refractivity contribution is 5.86. The Bertz CT molecular complexity index is 1100. The lowest BCUT2D eigenvalue weighted by Gasteiger charge is -2.22. The fourth-order valence-electron chi connectivity index (χ4n) is 3.15. The van der Waals surface area contributed by atoms with Crippen LogP contribution in [0.25, 0.3) is 10.9 Å². The van der Waals surface area contributed by atoms with Crippen LogP contribution in [0.3, 0.4) is 0 Å². The van der Waals surface area contributed by atoms with Crippen molar-refractivity contribution in [2.24, 2.45) is 0 Å². The molecule has 2 heterocycles. The molecule has 5 heteroatoms. The summed E-state index contributed by atoms with van der Waals surface area (Å²) in [6.07, 6.45) is 1.61. The fourth-order valence-corrected chi connectivity index (χ4v) is 3.15. The van der Waals surface area contributed by atoms with Crippen molar-refractivity contribution >= 4 is 16.7 Å². The van der Waals surface area contributed by atoms with Crippen LogP contribution in [0.2, 0.25) is 0 Å². The Balaban J connectivity index is 1.87. The van der Waals surface area contributed by atoms with E-state index in [4.69, 9.17) is 0 Å². The van der Waals surface area contributed by atoms with Gasteiger partial charge in [-0.15, -0.1) is 0 Å². The van der Waals surface area contributed by atoms with Crippen LogP contribution >= 0.6 is 0 Å². The van der Waals surface area contributed by atoms with Gasteiger partial charge in [0, 0.05) is 22.8 Å². The topological polar surface area (TPSA) is 78.3 Å². The normalized spacial score (nSPS) is 12.0. The van der Waals surface area contributed by atoms with Gasteiger partial charge in [0.1, 0.15) is 11.3 Å². The average molecular weight is 357 g/mol. The molecule has 0 aliphatic carbocycles. The molecule has 0 saturated heterocycles. The predicted octanol–water partition coefficient (Wildman–Crippen LogP) is 4.55. The van der Waals surface area contributed by atoms with Gasteiger partial charge in [0.05, 0.1) is 6.04 Å². The Morgan fingerprint density at radius 2 is 1.67 bits per heavy atom. The molecule has 1 atom stereocenters. The van der Waals surface area contributed by atoms with Gasteiger partial charge >= 0.3 is 0 Å². The van der Waals surface area contributed by atoms with E-state index >= 15 is 0 Å². The molecule has 134 valence electrons. The molecule has 0 amide bonds. The highest BCUT2D eigenvalue weighted by Gasteiger charge is 2.21. The van der Waals surface area contributed by atoms with Crippen molar-refractivity contribution in [3.05, 3.63) is 89.7 Å². The first-order chi connectivity index (χ1) is 13.1. The summed E-state index contributed by atoms with van der Waals surface area (Å²) in [5, 5.41) is 25.2. The Morgan fingerprint density at radius 1 is 0.889 bits per heavy atom. The van der Waals surface area contributed by atoms with Crippen molar-refractivity contribution in [1.29, 1.82) is 0 Å². The van der Waals surface area contributed by atoms with E-state index < -0.39 is 6.04 Å². The van der Waals surface area contributed by atoms with Crippen molar-refractivity contribution in [2.75, 3.05) is 5.32 Å². The molecular formula is C22H19N3O2. The van der Waals surface area contributed by atoms with Gasteiger partial charge in [-0.1, -0.05) is 48.5 Å². The third-order valence-corrected chi connectivity index (χ3v) is 4.52. The molecule has 1 unspecified atom stereocenters. The first kappa shape index (κ1) is 16.8. The molecule has 5 nitrogen and oxygen atoms in total. The summed E-state index contributed by atoms with van der Waals surface area (Å²) in [6, 6.07) is 20.2. The molecule has 0 spiro atoms. The van der Waals surface area contributed by atoms with Gasteiger partial charge < -0.3 is 15.5 Å². The molecule has 4 aromatic rings. The van der Waals surface area contributed by atoms with Gasteiger partial charge in [-0.05, 0) is 30.7 Å². The number of rotatable bonds is 4. The van der Waals surface area contributed by atoms with Gasteiger partial charge in [0.2, 0.25) is 0 Å². The summed E-state index contributed by atoms with van der Waals surface area (Å²) in [7, 11) is 0. The zero-order valence-corrected chi connectivity index (χ0v) is 14.8. The summed E-state index contributed by atoms with van der Waals surface area (Å²) in [5.41, 5.74) is 2.99. The third-order valence-electron chi connectivity index (χ3n) is 4.52.